The van der Waals surface area contributed by atoms with Gasteiger partial charge in [0.1, 0.15) is 0 Å². The van der Waals surface area contributed by atoms with Crippen LogP contribution in [-0.2, 0) is 4.79 Å². The fourth-order valence-corrected chi connectivity index (χ4v) is 2.36. The molecule has 1 aromatic heterocycles. The Kier molecular flexibility index (Phi) is 4.28. The maximum Gasteiger partial charge on any atom is 0.305 e. The third-order valence-electron chi connectivity index (χ3n) is 1.79. The van der Waals surface area contributed by atoms with Crippen LogP contribution >= 0.6 is 27.3 Å². The number of carbonyl (C=O) groups excluding carboxylic acids is 1. The summed E-state index contributed by atoms with van der Waals surface area (Å²) in [5.41, 5.74) is 0. The van der Waals surface area contributed by atoms with Crippen molar-refractivity contribution in [3.8, 4) is 0 Å². The van der Waals surface area contributed by atoms with Crippen molar-refractivity contribution in [2.24, 2.45) is 0 Å². The fourth-order valence-electron chi connectivity index (χ4n) is 0.982. The summed E-state index contributed by atoms with van der Waals surface area (Å²) < 4.78 is 0.887. The fraction of sp³-hybridized carbons (Fsp3) is 0.333. The molecule has 1 aromatic rings. The predicted molar refractivity (Wildman–Crippen MR) is 61.2 cm³/mol. The highest BCUT2D eigenvalue weighted by Crippen LogP contribution is 2.22. The number of hydrogen-bond acceptors (Lipinski definition) is 3. The monoisotopic (exact) mass is 291 g/mol. The number of rotatable bonds is 4. The summed E-state index contributed by atoms with van der Waals surface area (Å²) >= 11 is 4.60. The van der Waals surface area contributed by atoms with Crippen molar-refractivity contribution < 1.29 is 14.7 Å². The van der Waals surface area contributed by atoms with Crippen LogP contribution in [0.4, 0.5) is 0 Å². The van der Waals surface area contributed by atoms with Crippen LogP contribution in [0.15, 0.2) is 15.9 Å². The minimum Gasteiger partial charge on any atom is -0.481 e. The minimum absolute atomic E-state index is 0.0330. The lowest BCUT2D eigenvalue weighted by Gasteiger charge is -2.14. The van der Waals surface area contributed by atoms with E-state index in [1.807, 2.05) is 0 Å². The maximum atomic E-state index is 11.7. The number of nitrogens with zero attached hydrogens (tertiary/aromatic N) is 1. The number of carboxylic acid groups (broad SMARTS) is 1. The second-order valence-corrected chi connectivity index (χ2v) is 5.44. The normalized spacial score (nSPS) is 10.0. The largest absolute Gasteiger partial charge is 0.481 e. The van der Waals surface area contributed by atoms with Crippen molar-refractivity contribution >= 4 is 39.1 Å². The summed E-state index contributed by atoms with van der Waals surface area (Å²) in [6, 6.07) is 3.51. The molecule has 0 spiro atoms. The van der Waals surface area contributed by atoms with Crippen LogP contribution in [0.5, 0.6) is 0 Å². The van der Waals surface area contributed by atoms with Crippen molar-refractivity contribution in [2.45, 2.75) is 6.42 Å². The van der Waals surface area contributed by atoms with E-state index in [-0.39, 0.29) is 18.9 Å². The van der Waals surface area contributed by atoms with Crippen LogP contribution in [-0.4, -0.2) is 35.5 Å². The van der Waals surface area contributed by atoms with Crippen molar-refractivity contribution in [3.05, 3.63) is 20.8 Å². The lowest BCUT2D eigenvalue weighted by Crippen LogP contribution is -2.28. The molecule has 15 heavy (non-hydrogen) atoms. The van der Waals surface area contributed by atoms with Gasteiger partial charge in [-0.05, 0) is 28.1 Å². The lowest BCUT2D eigenvalue weighted by atomic mass is 10.3. The van der Waals surface area contributed by atoms with Gasteiger partial charge in [-0.15, -0.1) is 11.3 Å². The molecule has 0 saturated heterocycles. The first-order chi connectivity index (χ1) is 7.00. The van der Waals surface area contributed by atoms with E-state index in [0.717, 1.165) is 3.79 Å². The van der Waals surface area contributed by atoms with E-state index in [2.05, 4.69) is 15.9 Å². The molecule has 82 valence electrons. The molecule has 1 heterocycles. The van der Waals surface area contributed by atoms with Gasteiger partial charge in [0.05, 0.1) is 15.1 Å². The van der Waals surface area contributed by atoms with Gasteiger partial charge in [-0.3, -0.25) is 9.59 Å². The SMILES string of the molecule is CN(CCC(=O)O)C(=O)c1ccc(Br)s1. The van der Waals surface area contributed by atoms with Crippen LogP contribution in [0.3, 0.4) is 0 Å². The maximum absolute atomic E-state index is 11.7. The lowest BCUT2D eigenvalue weighted by molar-refractivity contribution is -0.137. The van der Waals surface area contributed by atoms with E-state index < -0.39 is 5.97 Å². The Bertz CT molecular complexity index is 377. The Morgan fingerprint density at radius 1 is 1.53 bits per heavy atom. The van der Waals surface area contributed by atoms with E-state index in [4.69, 9.17) is 5.11 Å². The van der Waals surface area contributed by atoms with Crippen LogP contribution in [0, 0.1) is 0 Å². The zero-order chi connectivity index (χ0) is 11.4. The van der Waals surface area contributed by atoms with Gasteiger partial charge in [-0.2, -0.15) is 0 Å². The highest BCUT2D eigenvalue weighted by molar-refractivity contribution is 9.11. The molecule has 4 nitrogen and oxygen atoms in total. The van der Waals surface area contributed by atoms with Crippen molar-refractivity contribution in [1.82, 2.24) is 4.90 Å². The number of halogens is 1. The van der Waals surface area contributed by atoms with Gasteiger partial charge < -0.3 is 10.0 Å². The molecular weight excluding hydrogens is 282 g/mol. The summed E-state index contributed by atoms with van der Waals surface area (Å²) in [4.78, 5) is 24.0. The molecule has 0 aromatic carbocycles. The zero-order valence-electron chi connectivity index (χ0n) is 8.07. The Labute approximate surface area is 99.6 Å². The summed E-state index contributed by atoms with van der Waals surface area (Å²) in [7, 11) is 1.60. The van der Waals surface area contributed by atoms with Crippen LogP contribution in [0.25, 0.3) is 0 Å². The summed E-state index contributed by atoms with van der Waals surface area (Å²) in [5.74, 6) is -1.05. The van der Waals surface area contributed by atoms with E-state index in [0.29, 0.717) is 4.88 Å². The molecule has 0 aliphatic rings. The molecule has 0 saturated carbocycles. The molecule has 1 N–H and O–H groups in total. The molecule has 0 aliphatic heterocycles. The summed E-state index contributed by atoms with van der Waals surface area (Å²) in [6.45, 7) is 0.226. The molecule has 0 fully saturated rings. The first-order valence-electron chi connectivity index (χ1n) is 4.23. The average Bonchev–Trinajstić information content (AvgIpc) is 2.60. The highest BCUT2D eigenvalue weighted by atomic mass is 79.9. The van der Waals surface area contributed by atoms with Gasteiger partial charge in [-0.25, -0.2) is 0 Å². The molecule has 0 atom stereocenters. The number of hydrogen-bond donors (Lipinski definition) is 1. The van der Waals surface area contributed by atoms with E-state index in [1.54, 1.807) is 19.2 Å². The summed E-state index contributed by atoms with van der Waals surface area (Å²) in [5, 5.41) is 8.48. The minimum atomic E-state index is -0.901. The van der Waals surface area contributed by atoms with Gasteiger partial charge in [0.15, 0.2) is 0 Å². The number of carboxylic acids is 1. The van der Waals surface area contributed by atoms with Gasteiger partial charge in [0, 0.05) is 13.6 Å². The predicted octanol–water partition coefficient (Wildman–Crippen LogP) is 2.06. The van der Waals surface area contributed by atoms with Gasteiger partial charge in [-0.1, -0.05) is 0 Å². The van der Waals surface area contributed by atoms with E-state index in [9.17, 15) is 9.59 Å². The van der Waals surface area contributed by atoms with Crippen LogP contribution in [0.1, 0.15) is 16.1 Å². The number of thiophene rings is 1. The van der Waals surface area contributed by atoms with E-state index in [1.165, 1.54) is 16.2 Å². The third-order valence-corrected chi connectivity index (χ3v) is 3.40. The van der Waals surface area contributed by atoms with Gasteiger partial charge >= 0.3 is 5.97 Å². The molecular formula is C9H10BrNO3S. The Hall–Kier alpha value is -0.880. The Morgan fingerprint density at radius 3 is 2.67 bits per heavy atom. The second kappa shape index (κ2) is 5.27. The van der Waals surface area contributed by atoms with E-state index >= 15 is 0 Å². The van der Waals surface area contributed by atoms with Crippen molar-refractivity contribution in [1.29, 1.82) is 0 Å². The first kappa shape index (κ1) is 12.2. The first-order valence-corrected chi connectivity index (χ1v) is 5.84. The molecule has 0 radical (unpaired) electrons. The topological polar surface area (TPSA) is 57.6 Å². The molecule has 0 aliphatic carbocycles. The molecule has 0 unspecified atom stereocenters. The Balaban J connectivity index is 2.57. The molecule has 6 heteroatoms. The standard InChI is InChI=1S/C9H10BrNO3S/c1-11(5-4-8(12)13)9(14)6-2-3-7(10)15-6/h2-3H,4-5H2,1H3,(H,12,13). The number of aliphatic carboxylic acids is 1. The second-order valence-electron chi connectivity index (χ2n) is 2.97. The van der Waals surface area contributed by atoms with Crippen molar-refractivity contribution in [2.75, 3.05) is 13.6 Å². The molecule has 1 amide bonds. The van der Waals surface area contributed by atoms with Crippen LogP contribution in [0.2, 0.25) is 0 Å². The van der Waals surface area contributed by atoms with Crippen molar-refractivity contribution in [3.63, 3.8) is 0 Å². The van der Waals surface area contributed by atoms with Crippen LogP contribution < -0.4 is 0 Å². The molecule has 1 rings (SSSR count). The number of carbonyl (C=O) groups is 2. The highest BCUT2D eigenvalue weighted by Gasteiger charge is 2.14. The average molecular weight is 292 g/mol. The Morgan fingerprint density at radius 2 is 2.20 bits per heavy atom. The summed E-state index contributed by atoms with van der Waals surface area (Å²) in [6.07, 6.45) is -0.0330. The molecule has 0 bridgehead atoms. The van der Waals surface area contributed by atoms with Gasteiger partial charge in [0.25, 0.3) is 5.91 Å². The quantitative estimate of drug-likeness (QED) is 0.924. The zero-order valence-corrected chi connectivity index (χ0v) is 10.5. The third kappa shape index (κ3) is 3.64. The smallest absolute Gasteiger partial charge is 0.305 e. The number of amides is 1. The van der Waals surface area contributed by atoms with Gasteiger partial charge in [0.2, 0.25) is 0 Å².